The van der Waals surface area contributed by atoms with Crippen molar-refractivity contribution in [3.63, 3.8) is 0 Å². The van der Waals surface area contributed by atoms with Crippen molar-refractivity contribution >= 4 is 29.0 Å². The van der Waals surface area contributed by atoms with Crippen LogP contribution in [0.2, 0.25) is 5.02 Å². The Hall–Kier alpha value is -3.14. The van der Waals surface area contributed by atoms with Crippen LogP contribution in [0.25, 0.3) is 0 Å². The summed E-state index contributed by atoms with van der Waals surface area (Å²) in [6.07, 6.45) is -4.60. The molecule has 1 heterocycles. The summed E-state index contributed by atoms with van der Waals surface area (Å²) in [5.74, 6) is -1.47. The van der Waals surface area contributed by atoms with Crippen molar-refractivity contribution in [3.05, 3.63) is 70.1 Å². The average Bonchev–Trinajstić information content (AvgIpc) is 2.96. The normalized spacial score (nSPS) is 11.5. The molecule has 0 aliphatic rings. The number of benzene rings is 2. The van der Waals surface area contributed by atoms with Crippen molar-refractivity contribution in [2.75, 3.05) is 11.1 Å². The standard InChI is InChI=1S/C17H12ClF4N5O/c18-12-5-4-10(17(20,21)22)7-13(12)24-16(28)14-15(23)27(26-25-14)8-9-2-1-3-11(19)6-9/h1-7H,8,23H2,(H,24,28). The second-order valence-corrected chi connectivity index (χ2v) is 6.16. The lowest BCUT2D eigenvalue weighted by atomic mass is 10.2. The van der Waals surface area contributed by atoms with Crippen LogP contribution >= 0.6 is 11.6 Å². The van der Waals surface area contributed by atoms with Gasteiger partial charge in [0.2, 0.25) is 0 Å². The summed E-state index contributed by atoms with van der Waals surface area (Å²) in [6, 6.07) is 8.18. The molecule has 28 heavy (non-hydrogen) atoms. The lowest BCUT2D eigenvalue weighted by Crippen LogP contribution is -2.16. The molecule has 0 atom stereocenters. The highest BCUT2D eigenvalue weighted by atomic mass is 35.5. The predicted octanol–water partition coefficient (Wildman–Crippen LogP) is 3.97. The average molecular weight is 414 g/mol. The Morgan fingerprint density at radius 3 is 2.64 bits per heavy atom. The van der Waals surface area contributed by atoms with Crippen LogP contribution in [-0.4, -0.2) is 20.9 Å². The lowest BCUT2D eigenvalue weighted by Gasteiger charge is -2.11. The fourth-order valence-electron chi connectivity index (χ4n) is 2.39. The molecule has 1 aromatic heterocycles. The molecule has 0 unspecified atom stereocenters. The Kier molecular flexibility index (Phi) is 5.23. The number of nitrogen functional groups attached to an aromatic ring is 1. The van der Waals surface area contributed by atoms with Gasteiger partial charge in [0.25, 0.3) is 5.91 Å². The summed E-state index contributed by atoms with van der Waals surface area (Å²) >= 11 is 5.85. The van der Waals surface area contributed by atoms with Gasteiger partial charge in [-0.2, -0.15) is 13.2 Å². The van der Waals surface area contributed by atoms with E-state index in [1.807, 2.05) is 0 Å². The molecule has 3 aromatic rings. The highest BCUT2D eigenvalue weighted by molar-refractivity contribution is 6.34. The van der Waals surface area contributed by atoms with Crippen LogP contribution in [0.1, 0.15) is 21.6 Å². The number of amides is 1. The van der Waals surface area contributed by atoms with Gasteiger partial charge in [-0.3, -0.25) is 4.79 Å². The number of alkyl halides is 3. The van der Waals surface area contributed by atoms with Crippen LogP contribution in [0.4, 0.5) is 29.1 Å². The SMILES string of the molecule is Nc1c(C(=O)Nc2cc(C(F)(F)F)ccc2Cl)nnn1Cc1cccc(F)c1. The van der Waals surface area contributed by atoms with E-state index in [0.29, 0.717) is 11.6 Å². The zero-order chi connectivity index (χ0) is 20.5. The molecule has 1 amide bonds. The van der Waals surface area contributed by atoms with Crippen molar-refractivity contribution in [2.45, 2.75) is 12.7 Å². The molecule has 0 aliphatic carbocycles. The summed E-state index contributed by atoms with van der Waals surface area (Å²) in [5.41, 5.74) is 4.86. The van der Waals surface area contributed by atoms with Gasteiger partial charge >= 0.3 is 6.18 Å². The van der Waals surface area contributed by atoms with Crippen LogP contribution in [0.5, 0.6) is 0 Å². The first-order valence-electron chi connectivity index (χ1n) is 7.76. The van der Waals surface area contributed by atoms with Crippen molar-refractivity contribution in [1.82, 2.24) is 15.0 Å². The van der Waals surface area contributed by atoms with Crippen LogP contribution in [0.3, 0.4) is 0 Å². The van der Waals surface area contributed by atoms with E-state index < -0.39 is 23.5 Å². The van der Waals surface area contributed by atoms with E-state index in [9.17, 15) is 22.4 Å². The molecule has 0 spiro atoms. The van der Waals surface area contributed by atoms with Gasteiger partial charge in [-0.05, 0) is 35.9 Å². The second kappa shape index (κ2) is 7.47. The van der Waals surface area contributed by atoms with Crippen molar-refractivity contribution in [2.24, 2.45) is 0 Å². The van der Waals surface area contributed by atoms with Crippen LogP contribution in [0.15, 0.2) is 42.5 Å². The van der Waals surface area contributed by atoms with Crippen molar-refractivity contribution < 1.29 is 22.4 Å². The molecule has 3 rings (SSSR count). The summed E-state index contributed by atoms with van der Waals surface area (Å²) in [7, 11) is 0. The van der Waals surface area contributed by atoms with Gasteiger partial charge < -0.3 is 11.1 Å². The first kappa shape index (κ1) is 19.6. The monoisotopic (exact) mass is 413 g/mol. The van der Waals surface area contributed by atoms with Gasteiger partial charge in [0, 0.05) is 0 Å². The topological polar surface area (TPSA) is 85.8 Å². The fraction of sp³-hybridized carbons (Fsp3) is 0.118. The molecule has 11 heteroatoms. The summed E-state index contributed by atoms with van der Waals surface area (Å²) < 4.78 is 52.9. The molecule has 0 saturated carbocycles. The number of nitrogens with one attached hydrogen (secondary N) is 1. The molecule has 2 aromatic carbocycles. The van der Waals surface area contributed by atoms with Crippen LogP contribution in [0, 0.1) is 5.82 Å². The number of nitrogens with two attached hydrogens (primary N) is 1. The van der Waals surface area contributed by atoms with Crippen LogP contribution < -0.4 is 11.1 Å². The highest BCUT2D eigenvalue weighted by Crippen LogP contribution is 2.34. The van der Waals surface area contributed by atoms with Crippen molar-refractivity contribution in [3.8, 4) is 0 Å². The second-order valence-electron chi connectivity index (χ2n) is 5.76. The summed E-state index contributed by atoms with van der Waals surface area (Å²) in [6.45, 7) is 0.0498. The maximum absolute atomic E-state index is 13.3. The third-order valence-electron chi connectivity index (χ3n) is 3.75. The predicted molar refractivity (Wildman–Crippen MR) is 94.3 cm³/mol. The van der Waals surface area contributed by atoms with Gasteiger partial charge in [0.05, 0.1) is 22.8 Å². The smallest absolute Gasteiger partial charge is 0.382 e. The Bertz CT molecular complexity index is 1030. The Balaban J connectivity index is 1.82. The molecular formula is C17H12ClF4N5O. The third kappa shape index (κ3) is 4.22. The first-order valence-corrected chi connectivity index (χ1v) is 8.14. The summed E-state index contributed by atoms with van der Waals surface area (Å²) in [4.78, 5) is 12.4. The number of carbonyl (C=O) groups is 1. The number of anilines is 2. The third-order valence-corrected chi connectivity index (χ3v) is 4.08. The quantitative estimate of drug-likeness (QED) is 0.634. The Labute approximate surface area is 160 Å². The largest absolute Gasteiger partial charge is 0.416 e. The van der Waals surface area contributed by atoms with E-state index in [0.717, 1.165) is 16.8 Å². The van der Waals surface area contributed by atoms with Gasteiger partial charge in [0.1, 0.15) is 5.82 Å². The van der Waals surface area contributed by atoms with E-state index in [-0.39, 0.29) is 28.8 Å². The van der Waals surface area contributed by atoms with E-state index in [4.69, 9.17) is 17.3 Å². The number of hydrogen-bond donors (Lipinski definition) is 2. The number of rotatable bonds is 4. The molecule has 3 N–H and O–H groups in total. The number of nitrogens with zero attached hydrogens (tertiary/aromatic N) is 3. The minimum absolute atomic E-state index is 0.0498. The fourth-order valence-corrected chi connectivity index (χ4v) is 2.55. The lowest BCUT2D eigenvalue weighted by molar-refractivity contribution is -0.137. The number of aromatic nitrogens is 3. The number of carbonyl (C=O) groups excluding carboxylic acids is 1. The maximum atomic E-state index is 13.3. The zero-order valence-corrected chi connectivity index (χ0v) is 14.7. The molecule has 0 fully saturated rings. The molecular weight excluding hydrogens is 402 g/mol. The highest BCUT2D eigenvalue weighted by Gasteiger charge is 2.31. The molecule has 146 valence electrons. The van der Waals surface area contributed by atoms with E-state index >= 15 is 0 Å². The maximum Gasteiger partial charge on any atom is 0.416 e. The first-order chi connectivity index (χ1) is 13.1. The van der Waals surface area contributed by atoms with E-state index in [2.05, 4.69) is 15.6 Å². The Morgan fingerprint density at radius 1 is 1.21 bits per heavy atom. The molecule has 6 nitrogen and oxygen atoms in total. The molecule has 0 saturated heterocycles. The number of hydrogen-bond acceptors (Lipinski definition) is 4. The van der Waals surface area contributed by atoms with Gasteiger partial charge in [-0.25, -0.2) is 9.07 Å². The Morgan fingerprint density at radius 2 is 1.96 bits per heavy atom. The van der Waals surface area contributed by atoms with Gasteiger partial charge in [0.15, 0.2) is 11.5 Å². The minimum atomic E-state index is -4.60. The van der Waals surface area contributed by atoms with Gasteiger partial charge in [-0.15, -0.1) is 5.10 Å². The van der Waals surface area contributed by atoms with Gasteiger partial charge in [-0.1, -0.05) is 28.9 Å². The minimum Gasteiger partial charge on any atom is -0.382 e. The van der Waals surface area contributed by atoms with E-state index in [1.165, 1.54) is 18.2 Å². The molecule has 0 bridgehead atoms. The van der Waals surface area contributed by atoms with E-state index in [1.54, 1.807) is 6.07 Å². The molecule has 0 aliphatic heterocycles. The molecule has 0 radical (unpaired) electrons. The summed E-state index contributed by atoms with van der Waals surface area (Å²) in [5, 5.41) is 9.52. The van der Waals surface area contributed by atoms with Crippen molar-refractivity contribution in [1.29, 1.82) is 0 Å². The zero-order valence-electron chi connectivity index (χ0n) is 14.0. The number of halogens is 5. The van der Waals surface area contributed by atoms with Crippen LogP contribution in [-0.2, 0) is 12.7 Å².